The van der Waals surface area contributed by atoms with Gasteiger partial charge in [-0.3, -0.25) is 0 Å². The van der Waals surface area contributed by atoms with Gasteiger partial charge in [-0.2, -0.15) is 0 Å². The number of hydrogen-bond acceptors (Lipinski definition) is 2. The Morgan fingerprint density at radius 2 is 1.94 bits per heavy atom. The third-order valence-electron chi connectivity index (χ3n) is 2.67. The number of nitrogens with two attached hydrogens (primary N) is 1. The quantitative estimate of drug-likeness (QED) is 0.847. The van der Waals surface area contributed by atoms with Crippen molar-refractivity contribution >= 4 is 0 Å². The van der Waals surface area contributed by atoms with Crippen molar-refractivity contribution in [3.8, 4) is 5.75 Å². The highest BCUT2D eigenvalue weighted by molar-refractivity contribution is 5.39. The van der Waals surface area contributed by atoms with Crippen molar-refractivity contribution in [3.63, 3.8) is 0 Å². The third-order valence-corrected chi connectivity index (χ3v) is 2.67. The minimum Gasteiger partial charge on any atom is -0.486 e. The molecule has 0 aliphatic rings. The molecule has 0 heterocycles. The first kappa shape index (κ1) is 13.0. The van der Waals surface area contributed by atoms with Crippen LogP contribution in [0.4, 0.5) is 0 Å². The molecule has 0 aliphatic heterocycles. The molecule has 1 aromatic carbocycles. The maximum absolute atomic E-state index is 6.00. The maximum Gasteiger partial charge on any atom is 0.123 e. The van der Waals surface area contributed by atoms with E-state index in [0.29, 0.717) is 12.5 Å². The molecule has 2 nitrogen and oxygen atoms in total. The second kappa shape index (κ2) is 4.88. The molecule has 0 aliphatic carbocycles. The Balaban J connectivity index is 3.06. The van der Waals surface area contributed by atoms with Crippen LogP contribution in [0.15, 0.2) is 18.2 Å². The summed E-state index contributed by atoms with van der Waals surface area (Å²) in [7, 11) is 0. The lowest BCUT2D eigenvalue weighted by Gasteiger charge is -2.27. The van der Waals surface area contributed by atoms with Crippen LogP contribution in [0, 0.1) is 6.92 Å². The predicted octanol–water partition coefficient (Wildman–Crippen LogP) is 3.23. The summed E-state index contributed by atoms with van der Waals surface area (Å²) in [6.07, 6.45) is 0. The third kappa shape index (κ3) is 3.24. The molecule has 0 unspecified atom stereocenters. The molecule has 0 saturated carbocycles. The first-order valence-electron chi connectivity index (χ1n) is 5.85. The van der Waals surface area contributed by atoms with E-state index in [4.69, 9.17) is 10.5 Å². The minimum atomic E-state index is -0.308. The largest absolute Gasteiger partial charge is 0.486 e. The number of ether oxygens (including phenoxy) is 1. The lowest BCUT2D eigenvalue weighted by Crippen LogP contribution is -2.37. The molecule has 0 amide bonds. The van der Waals surface area contributed by atoms with Crippen LogP contribution in [0.25, 0.3) is 0 Å². The number of rotatable bonds is 4. The van der Waals surface area contributed by atoms with Crippen molar-refractivity contribution in [3.05, 3.63) is 29.3 Å². The molecule has 0 aromatic heterocycles. The molecule has 0 radical (unpaired) electrons. The summed E-state index contributed by atoms with van der Waals surface area (Å²) < 4.78 is 6.00. The number of benzene rings is 1. The summed E-state index contributed by atoms with van der Waals surface area (Å²) in [6.45, 7) is 11.0. The standard InChI is InChI=1S/C14H23NO/c1-10(2)12-7-6-11(3)8-13(12)16-14(4,5)9-15/h6-8,10H,9,15H2,1-5H3. The van der Waals surface area contributed by atoms with Gasteiger partial charge >= 0.3 is 0 Å². The van der Waals surface area contributed by atoms with E-state index in [1.807, 2.05) is 13.8 Å². The Bertz CT molecular complexity index is 356. The van der Waals surface area contributed by atoms with Crippen LogP contribution in [0.1, 0.15) is 44.7 Å². The van der Waals surface area contributed by atoms with E-state index in [1.165, 1.54) is 11.1 Å². The lowest BCUT2D eigenvalue weighted by atomic mass is 10.00. The van der Waals surface area contributed by atoms with Crippen LogP contribution in [0.5, 0.6) is 5.75 Å². The van der Waals surface area contributed by atoms with Gasteiger partial charge in [0, 0.05) is 6.54 Å². The van der Waals surface area contributed by atoms with Crippen molar-refractivity contribution in [2.75, 3.05) is 6.54 Å². The summed E-state index contributed by atoms with van der Waals surface area (Å²) in [5, 5.41) is 0. The van der Waals surface area contributed by atoms with Gasteiger partial charge in [-0.1, -0.05) is 26.0 Å². The van der Waals surface area contributed by atoms with Crippen LogP contribution >= 0.6 is 0 Å². The van der Waals surface area contributed by atoms with E-state index in [1.54, 1.807) is 0 Å². The highest BCUT2D eigenvalue weighted by atomic mass is 16.5. The topological polar surface area (TPSA) is 35.2 Å². The fraction of sp³-hybridized carbons (Fsp3) is 0.571. The Kier molecular flexibility index (Phi) is 3.98. The zero-order chi connectivity index (χ0) is 12.3. The molecule has 1 rings (SSSR count). The van der Waals surface area contributed by atoms with Crippen molar-refractivity contribution < 1.29 is 4.74 Å². The summed E-state index contributed by atoms with van der Waals surface area (Å²) in [5.41, 5.74) is 7.84. The van der Waals surface area contributed by atoms with Gasteiger partial charge in [-0.25, -0.2) is 0 Å². The van der Waals surface area contributed by atoms with E-state index in [9.17, 15) is 0 Å². The van der Waals surface area contributed by atoms with Crippen molar-refractivity contribution in [1.82, 2.24) is 0 Å². The van der Waals surface area contributed by atoms with Gasteiger partial charge in [-0.05, 0) is 43.9 Å². The van der Waals surface area contributed by atoms with E-state index in [-0.39, 0.29) is 5.60 Å². The van der Waals surface area contributed by atoms with Gasteiger partial charge in [0.25, 0.3) is 0 Å². The Labute approximate surface area is 98.8 Å². The minimum absolute atomic E-state index is 0.308. The summed E-state index contributed by atoms with van der Waals surface area (Å²) >= 11 is 0. The molecule has 0 atom stereocenters. The monoisotopic (exact) mass is 221 g/mol. The molecule has 0 spiro atoms. The van der Waals surface area contributed by atoms with Gasteiger partial charge in [-0.15, -0.1) is 0 Å². The Hall–Kier alpha value is -1.02. The summed E-state index contributed by atoms with van der Waals surface area (Å²) in [5.74, 6) is 1.43. The molecule has 90 valence electrons. The SMILES string of the molecule is Cc1ccc(C(C)C)c(OC(C)(C)CN)c1. The number of hydrogen-bond donors (Lipinski definition) is 1. The zero-order valence-corrected chi connectivity index (χ0v) is 11.0. The van der Waals surface area contributed by atoms with Gasteiger partial charge in [0.05, 0.1) is 0 Å². The molecule has 16 heavy (non-hydrogen) atoms. The lowest BCUT2D eigenvalue weighted by molar-refractivity contribution is 0.117. The van der Waals surface area contributed by atoms with Crippen LogP contribution in [-0.2, 0) is 0 Å². The summed E-state index contributed by atoms with van der Waals surface area (Å²) in [4.78, 5) is 0. The van der Waals surface area contributed by atoms with Crippen LogP contribution in [-0.4, -0.2) is 12.1 Å². The first-order valence-corrected chi connectivity index (χ1v) is 5.85. The normalized spacial score (nSPS) is 11.9. The second-order valence-corrected chi connectivity index (χ2v) is 5.26. The highest BCUT2D eigenvalue weighted by Gasteiger charge is 2.19. The zero-order valence-electron chi connectivity index (χ0n) is 11.0. The molecule has 0 bridgehead atoms. The summed E-state index contributed by atoms with van der Waals surface area (Å²) in [6, 6.07) is 6.35. The Morgan fingerprint density at radius 3 is 2.44 bits per heavy atom. The first-order chi connectivity index (χ1) is 7.35. The van der Waals surface area contributed by atoms with Crippen LogP contribution < -0.4 is 10.5 Å². The average molecular weight is 221 g/mol. The van der Waals surface area contributed by atoms with E-state index in [0.717, 1.165) is 5.75 Å². The predicted molar refractivity (Wildman–Crippen MR) is 69.0 cm³/mol. The van der Waals surface area contributed by atoms with Gasteiger partial charge in [0.15, 0.2) is 0 Å². The molecule has 0 saturated heterocycles. The smallest absolute Gasteiger partial charge is 0.123 e. The molecular formula is C14H23NO. The molecule has 2 heteroatoms. The second-order valence-electron chi connectivity index (χ2n) is 5.26. The van der Waals surface area contributed by atoms with E-state index < -0.39 is 0 Å². The Morgan fingerprint density at radius 1 is 1.31 bits per heavy atom. The van der Waals surface area contributed by atoms with E-state index >= 15 is 0 Å². The highest BCUT2D eigenvalue weighted by Crippen LogP contribution is 2.30. The van der Waals surface area contributed by atoms with Gasteiger partial charge < -0.3 is 10.5 Å². The maximum atomic E-state index is 6.00. The fourth-order valence-corrected chi connectivity index (χ4v) is 1.55. The molecule has 2 N–H and O–H groups in total. The van der Waals surface area contributed by atoms with Crippen LogP contribution in [0.3, 0.4) is 0 Å². The molecule has 1 aromatic rings. The number of aryl methyl sites for hydroxylation is 1. The van der Waals surface area contributed by atoms with Gasteiger partial charge in [0.2, 0.25) is 0 Å². The van der Waals surface area contributed by atoms with Crippen molar-refractivity contribution in [2.24, 2.45) is 5.73 Å². The van der Waals surface area contributed by atoms with E-state index in [2.05, 4.69) is 39.0 Å². The average Bonchev–Trinajstić information content (AvgIpc) is 2.16. The van der Waals surface area contributed by atoms with Crippen molar-refractivity contribution in [2.45, 2.75) is 46.1 Å². The fourth-order valence-electron chi connectivity index (χ4n) is 1.55. The molecular weight excluding hydrogens is 198 g/mol. The van der Waals surface area contributed by atoms with Crippen LogP contribution in [0.2, 0.25) is 0 Å². The molecule has 0 fully saturated rings. The van der Waals surface area contributed by atoms with Crippen molar-refractivity contribution in [1.29, 1.82) is 0 Å². The van der Waals surface area contributed by atoms with Gasteiger partial charge in [0.1, 0.15) is 11.4 Å².